The molecule has 0 aliphatic rings. The number of hydrogen-bond donors (Lipinski definition) is 2. The maximum Gasteiger partial charge on any atom is 0.244 e. The van der Waals surface area contributed by atoms with Crippen LogP contribution in [0, 0.1) is 0 Å². The number of nitrogens with zero attached hydrogens (tertiary/aromatic N) is 1. The topological polar surface area (TPSA) is 87.7 Å². The van der Waals surface area contributed by atoms with Crippen LogP contribution in [0.25, 0.3) is 0 Å². The minimum Gasteiger partial charge on any atom is -0.495 e. The predicted molar refractivity (Wildman–Crippen MR) is 100 cm³/mol. The Morgan fingerprint density at radius 1 is 0.962 bits per heavy atom. The number of hydrogen-bond acceptors (Lipinski definition) is 4. The molecular weight excluding hydrogens is 334 g/mol. The van der Waals surface area contributed by atoms with Gasteiger partial charge in [0.1, 0.15) is 12.3 Å². The van der Waals surface area contributed by atoms with Crippen molar-refractivity contribution in [2.75, 3.05) is 29.2 Å². The fourth-order valence-corrected chi connectivity index (χ4v) is 2.39. The van der Waals surface area contributed by atoms with E-state index in [0.717, 1.165) is 0 Å². The number of rotatable bonds is 6. The zero-order chi connectivity index (χ0) is 19.1. The molecular formula is C19H21N3O4. The number of methoxy groups -OCH3 is 1. The summed E-state index contributed by atoms with van der Waals surface area (Å²) in [4.78, 5) is 36.8. The Morgan fingerprint density at radius 2 is 1.62 bits per heavy atom. The second kappa shape index (κ2) is 8.66. The lowest BCUT2D eigenvalue weighted by Crippen LogP contribution is -2.36. The van der Waals surface area contributed by atoms with E-state index in [0.29, 0.717) is 22.8 Å². The molecule has 26 heavy (non-hydrogen) atoms. The van der Waals surface area contributed by atoms with Crippen LogP contribution >= 0.6 is 0 Å². The molecule has 2 N–H and O–H groups in total. The van der Waals surface area contributed by atoms with E-state index >= 15 is 0 Å². The van der Waals surface area contributed by atoms with Crippen molar-refractivity contribution >= 4 is 34.8 Å². The van der Waals surface area contributed by atoms with E-state index in [2.05, 4.69) is 10.6 Å². The summed E-state index contributed by atoms with van der Waals surface area (Å²) in [6, 6.07) is 13.7. The van der Waals surface area contributed by atoms with Gasteiger partial charge in [0.05, 0.1) is 12.8 Å². The summed E-state index contributed by atoms with van der Waals surface area (Å²) < 4.78 is 5.20. The van der Waals surface area contributed by atoms with E-state index in [9.17, 15) is 14.4 Å². The monoisotopic (exact) mass is 355 g/mol. The van der Waals surface area contributed by atoms with Crippen molar-refractivity contribution in [3.63, 3.8) is 0 Å². The van der Waals surface area contributed by atoms with Gasteiger partial charge in [-0.15, -0.1) is 0 Å². The molecule has 2 aromatic rings. The average Bonchev–Trinajstić information content (AvgIpc) is 2.60. The van der Waals surface area contributed by atoms with E-state index in [1.807, 2.05) is 0 Å². The molecule has 0 radical (unpaired) electrons. The quantitative estimate of drug-likeness (QED) is 0.834. The normalized spacial score (nSPS) is 9.96. The molecule has 0 bridgehead atoms. The number of carbonyl (C=O) groups excluding carboxylic acids is 3. The SMILES string of the molecule is COc1ccccc1NC(=O)CN(C(C)=O)c1ccc(NC(C)=O)cc1. The molecule has 0 saturated heterocycles. The van der Waals surface area contributed by atoms with Crippen LogP contribution in [0.1, 0.15) is 13.8 Å². The molecule has 0 saturated carbocycles. The molecule has 0 aromatic heterocycles. The Bertz CT molecular complexity index is 803. The largest absolute Gasteiger partial charge is 0.495 e. The van der Waals surface area contributed by atoms with Gasteiger partial charge in [0, 0.05) is 25.2 Å². The van der Waals surface area contributed by atoms with Crippen LogP contribution in [0.4, 0.5) is 17.1 Å². The first-order valence-electron chi connectivity index (χ1n) is 7.99. The zero-order valence-corrected chi connectivity index (χ0v) is 14.9. The molecule has 0 fully saturated rings. The van der Waals surface area contributed by atoms with E-state index in [1.165, 1.54) is 25.9 Å². The number of carbonyl (C=O) groups is 3. The van der Waals surface area contributed by atoms with Crippen molar-refractivity contribution in [2.24, 2.45) is 0 Å². The molecule has 0 heterocycles. The highest BCUT2D eigenvalue weighted by Gasteiger charge is 2.17. The van der Waals surface area contributed by atoms with Crippen LogP contribution in [0.2, 0.25) is 0 Å². The number of nitrogens with one attached hydrogen (secondary N) is 2. The lowest BCUT2D eigenvalue weighted by Gasteiger charge is -2.21. The van der Waals surface area contributed by atoms with Gasteiger partial charge in [-0.2, -0.15) is 0 Å². The summed E-state index contributed by atoms with van der Waals surface area (Å²) in [7, 11) is 1.52. The van der Waals surface area contributed by atoms with Crippen LogP contribution in [0.5, 0.6) is 5.75 Å². The van der Waals surface area contributed by atoms with Crippen LogP contribution in [0.3, 0.4) is 0 Å². The van der Waals surface area contributed by atoms with Crippen molar-refractivity contribution < 1.29 is 19.1 Å². The number of benzene rings is 2. The Hall–Kier alpha value is -3.35. The highest BCUT2D eigenvalue weighted by Crippen LogP contribution is 2.23. The minimum absolute atomic E-state index is 0.146. The lowest BCUT2D eigenvalue weighted by atomic mass is 10.2. The van der Waals surface area contributed by atoms with Gasteiger partial charge in [-0.05, 0) is 36.4 Å². The van der Waals surface area contributed by atoms with Gasteiger partial charge in [0.25, 0.3) is 0 Å². The Morgan fingerprint density at radius 3 is 2.19 bits per heavy atom. The molecule has 2 aromatic carbocycles. The van der Waals surface area contributed by atoms with E-state index in [4.69, 9.17) is 4.74 Å². The fourth-order valence-electron chi connectivity index (χ4n) is 2.39. The van der Waals surface area contributed by atoms with Gasteiger partial charge in [0.15, 0.2) is 0 Å². The molecule has 0 unspecified atom stereocenters. The van der Waals surface area contributed by atoms with E-state index < -0.39 is 0 Å². The minimum atomic E-state index is -0.351. The third-order valence-electron chi connectivity index (χ3n) is 3.56. The van der Waals surface area contributed by atoms with Gasteiger partial charge >= 0.3 is 0 Å². The average molecular weight is 355 g/mol. The lowest BCUT2D eigenvalue weighted by molar-refractivity contribution is -0.120. The van der Waals surface area contributed by atoms with Crippen molar-refractivity contribution in [3.8, 4) is 5.75 Å². The van der Waals surface area contributed by atoms with Crippen molar-refractivity contribution in [1.82, 2.24) is 0 Å². The van der Waals surface area contributed by atoms with Crippen LogP contribution in [0.15, 0.2) is 48.5 Å². The summed E-state index contributed by atoms with van der Waals surface area (Å²) in [5.41, 5.74) is 1.70. The van der Waals surface area contributed by atoms with Gasteiger partial charge in [-0.3, -0.25) is 14.4 Å². The molecule has 2 rings (SSSR count). The first-order valence-corrected chi connectivity index (χ1v) is 7.99. The van der Waals surface area contributed by atoms with Crippen LogP contribution < -0.4 is 20.3 Å². The molecule has 7 nitrogen and oxygen atoms in total. The highest BCUT2D eigenvalue weighted by molar-refractivity contribution is 6.02. The fraction of sp³-hybridized carbons (Fsp3) is 0.211. The third-order valence-corrected chi connectivity index (χ3v) is 3.56. The molecule has 7 heteroatoms. The first kappa shape index (κ1) is 19.0. The standard InChI is InChI=1S/C19H21N3O4/c1-13(23)20-15-8-10-16(11-9-15)22(14(2)24)12-19(25)21-17-6-4-5-7-18(17)26-3/h4-11H,12H2,1-3H3,(H,20,23)(H,21,25). The summed E-state index contributed by atoms with van der Waals surface area (Å²) >= 11 is 0. The number of para-hydroxylation sites is 2. The first-order chi connectivity index (χ1) is 12.4. The number of anilines is 3. The maximum absolute atomic E-state index is 12.4. The van der Waals surface area contributed by atoms with Gasteiger partial charge in [-0.1, -0.05) is 12.1 Å². The molecule has 0 atom stereocenters. The van der Waals surface area contributed by atoms with Crippen molar-refractivity contribution in [2.45, 2.75) is 13.8 Å². The number of amides is 3. The van der Waals surface area contributed by atoms with Gasteiger partial charge in [-0.25, -0.2) is 0 Å². The smallest absolute Gasteiger partial charge is 0.244 e. The molecule has 0 spiro atoms. The van der Waals surface area contributed by atoms with Crippen LogP contribution in [-0.2, 0) is 14.4 Å². The summed E-state index contributed by atoms with van der Waals surface area (Å²) in [6.45, 7) is 2.66. The molecule has 3 amide bonds. The van der Waals surface area contributed by atoms with E-state index in [-0.39, 0.29) is 24.3 Å². The van der Waals surface area contributed by atoms with Gasteiger partial charge < -0.3 is 20.3 Å². The third kappa shape index (κ3) is 5.07. The number of ether oxygens (including phenoxy) is 1. The second-order valence-corrected chi connectivity index (χ2v) is 5.58. The predicted octanol–water partition coefficient (Wildman–Crippen LogP) is 2.65. The van der Waals surface area contributed by atoms with Crippen LogP contribution in [-0.4, -0.2) is 31.4 Å². The summed E-state index contributed by atoms with van der Waals surface area (Å²) in [5, 5.41) is 5.39. The van der Waals surface area contributed by atoms with Crippen molar-refractivity contribution in [1.29, 1.82) is 0 Å². The maximum atomic E-state index is 12.4. The van der Waals surface area contributed by atoms with Crippen molar-refractivity contribution in [3.05, 3.63) is 48.5 Å². The summed E-state index contributed by atoms with van der Waals surface area (Å²) in [6.07, 6.45) is 0. The van der Waals surface area contributed by atoms with E-state index in [1.54, 1.807) is 48.5 Å². The Balaban J connectivity index is 2.11. The Kier molecular flexibility index (Phi) is 6.32. The summed E-state index contributed by atoms with van der Waals surface area (Å²) in [5.74, 6) is -0.268. The second-order valence-electron chi connectivity index (χ2n) is 5.58. The molecule has 0 aliphatic carbocycles. The molecule has 136 valence electrons. The van der Waals surface area contributed by atoms with Gasteiger partial charge in [0.2, 0.25) is 17.7 Å². The Labute approximate surface area is 152 Å². The zero-order valence-electron chi connectivity index (χ0n) is 14.9. The highest BCUT2D eigenvalue weighted by atomic mass is 16.5. The molecule has 0 aliphatic heterocycles.